The first kappa shape index (κ1) is 15.4. The van der Waals surface area contributed by atoms with Gasteiger partial charge in [-0.15, -0.1) is 0 Å². The molecule has 0 amide bonds. The highest BCUT2D eigenvalue weighted by Gasteiger charge is 2.22. The van der Waals surface area contributed by atoms with Crippen molar-refractivity contribution < 1.29 is 8.42 Å². The summed E-state index contributed by atoms with van der Waals surface area (Å²) in [6.07, 6.45) is 1.02. The smallest absolute Gasteiger partial charge is 0.241 e. The van der Waals surface area contributed by atoms with Crippen LogP contribution in [0.15, 0.2) is 26.0 Å². The molecule has 0 radical (unpaired) electrons. The van der Waals surface area contributed by atoms with Crippen LogP contribution in [0.4, 0.5) is 0 Å². The Balaban J connectivity index is 2.16. The Hall–Kier alpha value is 0.0500. The van der Waals surface area contributed by atoms with Crippen LogP contribution in [0.5, 0.6) is 0 Å². The number of hydrogen-bond acceptors (Lipinski definition) is 3. The van der Waals surface area contributed by atoms with Gasteiger partial charge in [0.15, 0.2) is 0 Å². The molecule has 1 aromatic carbocycles. The van der Waals surface area contributed by atoms with E-state index in [0.717, 1.165) is 29.5 Å². The summed E-state index contributed by atoms with van der Waals surface area (Å²) in [5.74, 6) is 0.377. The lowest BCUT2D eigenvalue weighted by atomic mass is 10.1. The first-order valence-corrected chi connectivity index (χ1v) is 9.13. The van der Waals surface area contributed by atoms with E-state index in [9.17, 15) is 8.42 Å². The Labute approximate surface area is 130 Å². The van der Waals surface area contributed by atoms with Crippen molar-refractivity contribution in [2.75, 3.05) is 19.6 Å². The number of rotatable bonds is 4. The van der Waals surface area contributed by atoms with Gasteiger partial charge in [-0.3, -0.25) is 0 Å². The number of aryl methyl sites for hydroxylation is 1. The molecule has 0 aromatic heterocycles. The molecule has 1 aliphatic rings. The molecular formula is C12H16Br2N2O2S. The van der Waals surface area contributed by atoms with Crippen molar-refractivity contribution in [2.24, 2.45) is 5.92 Å². The molecule has 1 heterocycles. The molecule has 0 spiro atoms. The van der Waals surface area contributed by atoms with Crippen molar-refractivity contribution in [3.63, 3.8) is 0 Å². The standard InChI is InChI=1S/C12H16Br2N2O2S/c1-8-4-11(14)12(5-10(8)13)19(17,18)16-7-9-2-3-15-6-9/h4-5,9,15-16H,2-3,6-7H2,1H3. The minimum Gasteiger partial charge on any atom is -0.316 e. The molecule has 1 saturated heterocycles. The minimum absolute atomic E-state index is 0.274. The third kappa shape index (κ3) is 3.78. The van der Waals surface area contributed by atoms with E-state index in [0.29, 0.717) is 16.9 Å². The Morgan fingerprint density at radius 2 is 2.11 bits per heavy atom. The van der Waals surface area contributed by atoms with Crippen molar-refractivity contribution in [1.29, 1.82) is 0 Å². The summed E-state index contributed by atoms with van der Waals surface area (Å²) in [6.45, 7) is 4.24. The summed E-state index contributed by atoms with van der Waals surface area (Å²) >= 11 is 6.69. The predicted molar refractivity (Wildman–Crippen MR) is 82.7 cm³/mol. The first-order valence-electron chi connectivity index (χ1n) is 6.06. The minimum atomic E-state index is -3.47. The van der Waals surface area contributed by atoms with Crippen LogP contribution in [0.3, 0.4) is 0 Å². The van der Waals surface area contributed by atoms with Crippen LogP contribution >= 0.6 is 31.9 Å². The van der Waals surface area contributed by atoms with Gasteiger partial charge in [-0.25, -0.2) is 13.1 Å². The van der Waals surface area contributed by atoms with Gasteiger partial charge in [0.05, 0.1) is 4.90 Å². The van der Waals surface area contributed by atoms with E-state index in [4.69, 9.17) is 0 Å². The van der Waals surface area contributed by atoms with Crippen LogP contribution in [-0.2, 0) is 10.0 Å². The van der Waals surface area contributed by atoms with Crippen LogP contribution in [-0.4, -0.2) is 28.1 Å². The van der Waals surface area contributed by atoms with Gasteiger partial charge in [-0.1, -0.05) is 15.9 Å². The number of sulfonamides is 1. The average Bonchev–Trinajstić information content (AvgIpc) is 2.84. The largest absolute Gasteiger partial charge is 0.316 e. The van der Waals surface area contributed by atoms with Gasteiger partial charge in [0, 0.05) is 15.5 Å². The van der Waals surface area contributed by atoms with Crippen LogP contribution in [0.25, 0.3) is 0 Å². The maximum atomic E-state index is 12.3. The number of hydrogen-bond donors (Lipinski definition) is 2. The zero-order valence-corrected chi connectivity index (χ0v) is 14.5. The molecule has 2 N–H and O–H groups in total. The van der Waals surface area contributed by atoms with E-state index in [1.165, 1.54) is 0 Å². The Morgan fingerprint density at radius 1 is 1.37 bits per heavy atom. The average molecular weight is 412 g/mol. The molecule has 4 nitrogen and oxygen atoms in total. The molecule has 1 aliphatic heterocycles. The van der Waals surface area contributed by atoms with Gasteiger partial charge in [0.2, 0.25) is 10.0 Å². The lowest BCUT2D eigenvalue weighted by Crippen LogP contribution is -2.30. The van der Waals surface area contributed by atoms with Gasteiger partial charge in [-0.05, 0) is 66.0 Å². The van der Waals surface area contributed by atoms with Crippen LogP contribution in [0.1, 0.15) is 12.0 Å². The molecule has 0 saturated carbocycles. The van der Waals surface area contributed by atoms with E-state index in [2.05, 4.69) is 41.9 Å². The first-order chi connectivity index (χ1) is 8.90. The fraction of sp³-hybridized carbons (Fsp3) is 0.500. The fourth-order valence-corrected chi connectivity index (χ4v) is 4.82. The van der Waals surface area contributed by atoms with Crippen molar-refractivity contribution in [3.8, 4) is 0 Å². The molecule has 2 rings (SSSR count). The Kier molecular flexibility index (Phi) is 5.05. The number of benzene rings is 1. The van der Waals surface area contributed by atoms with E-state index in [1.807, 2.05) is 6.92 Å². The van der Waals surface area contributed by atoms with Crippen molar-refractivity contribution in [1.82, 2.24) is 10.0 Å². The number of nitrogens with one attached hydrogen (secondary N) is 2. The summed E-state index contributed by atoms with van der Waals surface area (Å²) in [6, 6.07) is 3.43. The lowest BCUT2D eigenvalue weighted by molar-refractivity contribution is 0.538. The van der Waals surface area contributed by atoms with Crippen LogP contribution in [0.2, 0.25) is 0 Å². The van der Waals surface area contributed by atoms with Crippen molar-refractivity contribution in [3.05, 3.63) is 26.6 Å². The normalized spacial score (nSPS) is 19.8. The Morgan fingerprint density at radius 3 is 2.74 bits per heavy atom. The molecular weight excluding hydrogens is 396 g/mol. The van der Waals surface area contributed by atoms with Crippen LogP contribution < -0.4 is 10.0 Å². The van der Waals surface area contributed by atoms with Crippen molar-refractivity contribution in [2.45, 2.75) is 18.2 Å². The third-order valence-electron chi connectivity index (χ3n) is 3.23. The molecule has 7 heteroatoms. The second kappa shape index (κ2) is 6.22. The van der Waals surface area contributed by atoms with E-state index in [-0.39, 0.29) is 4.90 Å². The van der Waals surface area contributed by atoms with E-state index in [1.54, 1.807) is 12.1 Å². The second-order valence-corrected chi connectivity index (χ2v) is 8.19. The zero-order chi connectivity index (χ0) is 14.0. The van der Waals surface area contributed by atoms with Gasteiger partial charge >= 0.3 is 0 Å². The van der Waals surface area contributed by atoms with Gasteiger partial charge in [-0.2, -0.15) is 0 Å². The number of halogens is 2. The zero-order valence-electron chi connectivity index (χ0n) is 10.5. The molecule has 19 heavy (non-hydrogen) atoms. The van der Waals surface area contributed by atoms with Crippen molar-refractivity contribution >= 4 is 41.9 Å². The summed E-state index contributed by atoms with van der Waals surface area (Å²) in [5.41, 5.74) is 0.991. The molecule has 0 bridgehead atoms. The van der Waals surface area contributed by atoms with Gasteiger partial charge < -0.3 is 5.32 Å². The summed E-state index contributed by atoms with van der Waals surface area (Å²) in [4.78, 5) is 0.274. The van der Waals surface area contributed by atoms with Crippen LogP contribution in [0, 0.1) is 12.8 Å². The molecule has 1 unspecified atom stereocenters. The summed E-state index contributed by atoms with van der Waals surface area (Å²) in [5, 5.41) is 3.22. The topological polar surface area (TPSA) is 58.2 Å². The monoisotopic (exact) mass is 410 g/mol. The maximum absolute atomic E-state index is 12.3. The highest BCUT2D eigenvalue weighted by molar-refractivity contribution is 9.11. The second-order valence-electron chi connectivity index (χ2n) is 4.74. The molecule has 1 aromatic rings. The molecule has 1 fully saturated rings. The third-order valence-corrected chi connectivity index (χ3v) is 6.46. The SMILES string of the molecule is Cc1cc(Br)c(S(=O)(=O)NCC2CCNC2)cc1Br. The van der Waals surface area contributed by atoms with Gasteiger partial charge in [0.25, 0.3) is 0 Å². The Bertz CT molecular complexity index is 569. The molecule has 1 atom stereocenters. The maximum Gasteiger partial charge on any atom is 0.241 e. The summed E-state index contributed by atoms with van der Waals surface area (Å²) in [7, 11) is -3.47. The van der Waals surface area contributed by atoms with E-state index >= 15 is 0 Å². The molecule has 0 aliphatic carbocycles. The highest BCUT2D eigenvalue weighted by atomic mass is 79.9. The fourth-order valence-electron chi connectivity index (χ4n) is 2.03. The molecule has 106 valence electrons. The van der Waals surface area contributed by atoms with E-state index < -0.39 is 10.0 Å². The summed E-state index contributed by atoms with van der Waals surface area (Å²) < 4.78 is 28.6. The quantitative estimate of drug-likeness (QED) is 0.799. The predicted octanol–water partition coefficient (Wildman–Crippen LogP) is 2.41. The lowest BCUT2D eigenvalue weighted by Gasteiger charge is -2.13. The highest BCUT2D eigenvalue weighted by Crippen LogP contribution is 2.28. The van der Waals surface area contributed by atoms with Gasteiger partial charge in [0.1, 0.15) is 0 Å².